The molecule has 0 aliphatic heterocycles. The molecular formula is C13H23BrN4. The molecule has 1 unspecified atom stereocenters. The summed E-state index contributed by atoms with van der Waals surface area (Å²) >= 11 is 3.43. The Morgan fingerprint density at radius 3 is 2.50 bits per heavy atom. The zero-order valence-electron chi connectivity index (χ0n) is 11.9. The number of halogens is 1. The van der Waals surface area contributed by atoms with Gasteiger partial charge in [-0.1, -0.05) is 13.8 Å². The molecule has 5 heteroatoms. The van der Waals surface area contributed by atoms with Crippen molar-refractivity contribution in [1.82, 2.24) is 14.9 Å². The zero-order chi connectivity index (χ0) is 13.7. The van der Waals surface area contributed by atoms with E-state index >= 15 is 0 Å². The molecule has 4 nitrogen and oxygen atoms in total. The Morgan fingerprint density at radius 1 is 1.28 bits per heavy atom. The van der Waals surface area contributed by atoms with Gasteiger partial charge >= 0.3 is 0 Å². The number of nitrogens with one attached hydrogen (secondary N) is 1. The van der Waals surface area contributed by atoms with Crippen molar-refractivity contribution in [3.8, 4) is 0 Å². The van der Waals surface area contributed by atoms with Crippen molar-refractivity contribution < 1.29 is 0 Å². The van der Waals surface area contributed by atoms with Crippen LogP contribution in [0.3, 0.4) is 0 Å². The standard InChI is InChI=1S/C13H23BrN4/c1-9(2)13-16-11(14)8-12(17-13)15-10(3)6-7-18(4)5/h8-10H,6-7H2,1-5H3,(H,15,16,17). The highest BCUT2D eigenvalue weighted by Gasteiger charge is 2.09. The van der Waals surface area contributed by atoms with Gasteiger partial charge in [0.2, 0.25) is 0 Å². The highest BCUT2D eigenvalue weighted by Crippen LogP contribution is 2.18. The van der Waals surface area contributed by atoms with E-state index in [2.05, 4.69) is 71.0 Å². The number of nitrogens with zero attached hydrogens (tertiary/aromatic N) is 3. The lowest BCUT2D eigenvalue weighted by atomic mass is 10.2. The number of hydrogen-bond acceptors (Lipinski definition) is 4. The van der Waals surface area contributed by atoms with E-state index in [4.69, 9.17) is 0 Å². The largest absolute Gasteiger partial charge is 0.367 e. The first-order valence-corrected chi connectivity index (χ1v) is 7.13. The summed E-state index contributed by atoms with van der Waals surface area (Å²) in [6, 6.07) is 2.33. The quantitative estimate of drug-likeness (QED) is 0.819. The van der Waals surface area contributed by atoms with Crippen LogP contribution in [0.15, 0.2) is 10.7 Å². The molecule has 1 aromatic rings. The van der Waals surface area contributed by atoms with E-state index in [1.807, 2.05) is 6.07 Å². The van der Waals surface area contributed by atoms with Crippen molar-refractivity contribution in [3.63, 3.8) is 0 Å². The molecule has 0 spiro atoms. The van der Waals surface area contributed by atoms with Gasteiger partial charge in [-0.05, 0) is 49.9 Å². The molecule has 18 heavy (non-hydrogen) atoms. The molecule has 0 saturated heterocycles. The van der Waals surface area contributed by atoms with E-state index < -0.39 is 0 Å². The van der Waals surface area contributed by atoms with Gasteiger partial charge in [-0.3, -0.25) is 0 Å². The van der Waals surface area contributed by atoms with Gasteiger partial charge in [0, 0.05) is 18.0 Å². The second-order valence-corrected chi connectivity index (χ2v) is 6.04. The summed E-state index contributed by atoms with van der Waals surface area (Å²) in [6.07, 6.45) is 1.09. The van der Waals surface area contributed by atoms with E-state index in [0.29, 0.717) is 12.0 Å². The maximum Gasteiger partial charge on any atom is 0.134 e. The van der Waals surface area contributed by atoms with Gasteiger partial charge in [-0.25, -0.2) is 9.97 Å². The first-order chi connectivity index (χ1) is 8.38. The second kappa shape index (κ2) is 7.04. The molecule has 1 N–H and O–H groups in total. The topological polar surface area (TPSA) is 41.0 Å². The lowest BCUT2D eigenvalue weighted by Crippen LogP contribution is -2.23. The average molecular weight is 315 g/mol. The van der Waals surface area contributed by atoms with Crippen molar-refractivity contribution in [2.75, 3.05) is 26.0 Å². The minimum Gasteiger partial charge on any atom is -0.367 e. The smallest absolute Gasteiger partial charge is 0.134 e. The summed E-state index contributed by atoms with van der Waals surface area (Å²) in [5.41, 5.74) is 0. The molecular weight excluding hydrogens is 292 g/mol. The Hall–Kier alpha value is -0.680. The van der Waals surface area contributed by atoms with Crippen LogP contribution >= 0.6 is 15.9 Å². The Labute approximate surface area is 118 Å². The first kappa shape index (κ1) is 15.4. The van der Waals surface area contributed by atoms with Crippen LogP contribution in [0.5, 0.6) is 0 Å². The predicted octanol–water partition coefficient (Wildman–Crippen LogP) is 3.11. The molecule has 1 rings (SSSR count). The fourth-order valence-electron chi connectivity index (χ4n) is 1.54. The molecule has 0 aliphatic carbocycles. The van der Waals surface area contributed by atoms with Crippen molar-refractivity contribution in [3.05, 3.63) is 16.5 Å². The van der Waals surface area contributed by atoms with Crippen molar-refractivity contribution in [2.45, 2.75) is 39.2 Å². The average Bonchev–Trinajstić information content (AvgIpc) is 2.25. The van der Waals surface area contributed by atoms with E-state index in [-0.39, 0.29) is 0 Å². The summed E-state index contributed by atoms with van der Waals surface area (Å²) in [6.45, 7) is 7.44. The summed E-state index contributed by atoms with van der Waals surface area (Å²) < 4.78 is 0.837. The molecule has 0 radical (unpaired) electrons. The van der Waals surface area contributed by atoms with Crippen molar-refractivity contribution in [2.24, 2.45) is 0 Å². The molecule has 0 aliphatic rings. The van der Waals surface area contributed by atoms with Crippen LogP contribution in [0.4, 0.5) is 5.82 Å². The van der Waals surface area contributed by atoms with Crippen LogP contribution < -0.4 is 5.32 Å². The fraction of sp³-hybridized carbons (Fsp3) is 0.692. The van der Waals surface area contributed by atoms with Crippen molar-refractivity contribution >= 4 is 21.7 Å². The van der Waals surface area contributed by atoms with Gasteiger partial charge in [0.1, 0.15) is 16.2 Å². The summed E-state index contributed by atoms with van der Waals surface area (Å²) in [5.74, 6) is 2.10. The zero-order valence-corrected chi connectivity index (χ0v) is 13.5. The lowest BCUT2D eigenvalue weighted by molar-refractivity contribution is 0.390. The summed E-state index contributed by atoms with van der Waals surface area (Å²) in [4.78, 5) is 11.1. The van der Waals surface area contributed by atoms with Crippen LogP contribution in [0.2, 0.25) is 0 Å². The Bertz CT molecular complexity index is 379. The Kier molecular flexibility index (Phi) is 6.02. The molecule has 0 aromatic carbocycles. The van der Waals surface area contributed by atoms with Gasteiger partial charge in [0.05, 0.1) is 0 Å². The minimum absolute atomic E-state index is 0.333. The SMILES string of the molecule is CC(CCN(C)C)Nc1cc(Br)nc(C(C)C)n1. The molecule has 0 fully saturated rings. The van der Waals surface area contributed by atoms with Crippen LogP contribution in [-0.2, 0) is 0 Å². The van der Waals surface area contributed by atoms with E-state index in [1.54, 1.807) is 0 Å². The fourth-order valence-corrected chi connectivity index (χ4v) is 1.94. The van der Waals surface area contributed by atoms with Crippen LogP contribution in [0.1, 0.15) is 38.9 Å². The van der Waals surface area contributed by atoms with Gasteiger partial charge in [-0.15, -0.1) is 0 Å². The maximum atomic E-state index is 4.53. The van der Waals surface area contributed by atoms with Gasteiger partial charge in [0.25, 0.3) is 0 Å². The predicted molar refractivity (Wildman–Crippen MR) is 80.1 cm³/mol. The van der Waals surface area contributed by atoms with E-state index in [0.717, 1.165) is 29.2 Å². The van der Waals surface area contributed by atoms with Crippen LogP contribution in [0.25, 0.3) is 0 Å². The lowest BCUT2D eigenvalue weighted by Gasteiger charge is -2.18. The van der Waals surface area contributed by atoms with Gasteiger partial charge in [0.15, 0.2) is 0 Å². The number of aromatic nitrogens is 2. The Balaban J connectivity index is 2.66. The normalized spacial score (nSPS) is 13.1. The number of rotatable bonds is 6. The van der Waals surface area contributed by atoms with Gasteiger partial charge in [-0.2, -0.15) is 0 Å². The monoisotopic (exact) mass is 314 g/mol. The van der Waals surface area contributed by atoms with Crippen LogP contribution in [0, 0.1) is 0 Å². The van der Waals surface area contributed by atoms with Crippen LogP contribution in [-0.4, -0.2) is 41.5 Å². The maximum absolute atomic E-state index is 4.53. The molecule has 1 heterocycles. The molecule has 0 bridgehead atoms. The number of anilines is 1. The molecule has 0 saturated carbocycles. The summed E-state index contributed by atoms with van der Waals surface area (Å²) in [5, 5.41) is 3.43. The van der Waals surface area contributed by atoms with E-state index in [9.17, 15) is 0 Å². The minimum atomic E-state index is 0.333. The second-order valence-electron chi connectivity index (χ2n) is 5.23. The van der Waals surface area contributed by atoms with Crippen molar-refractivity contribution in [1.29, 1.82) is 0 Å². The molecule has 102 valence electrons. The third kappa shape index (κ3) is 5.31. The van der Waals surface area contributed by atoms with Gasteiger partial charge < -0.3 is 10.2 Å². The third-order valence-corrected chi connectivity index (χ3v) is 3.04. The summed E-state index contributed by atoms with van der Waals surface area (Å²) in [7, 11) is 4.18. The highest BCUT2D eigenvalue weighted by atomic mass is 79.9. The third-order valence-electron chi connectivity index (χ3n) is 2.63. The molecule has 1 aromatic heterocycles. The Morgan fingerprint density at radius 2 is 1.94 bits per heavy atom. The van der Waals surface area contributed by atoms with E-state index in [1.165, 1.54) is 0 Å². The molecule has 1 atom stereocenters. The highest BCUT2D eigenvalue weighted by molar-refractivity contribution is 9.10. The number of hydrogen-bond donors (Lipinski definition) is 1. The first-order valence-electron chi connectivity index (χ1n) is 6.34. The molecule has 0 amide bonds.